The van der Waals surface area contributed by atoms with Crippen molar-refractivity contribution >= 4 is 52.6 Å². The zero-order valence-electron chi connectivity index (χ0n) is 24.7. The van der Waals surface area contributed by atoms with Crippen LogP contribution in [0.2, 0.25) is 5.02 Å². The average Bonchev–Trinajstić information content (AvgIpc) is 3.35. The van der Waals surface area contributed by atoms with Gasteiger partial charge in [-0.1, -0.05) is 17.7 Å². The fourth-order valence-corrected chi connectivity index (χ4v) is 7.14. The van der Waals surface area contributed by atoms with E-state index in [-0.39, 0.29) is 29.2 Å². The maximum atomic E-state index is 14.0. The standard InChI is InChI=1S/C30H30ClFN8O5S/c1-45-27(41)23-21(34-25(26-33-7-11-46-26)35-24(23)19-3-2-17(32)12-20(19)31)15-37-9-10-39-18(13-37)14-40(29(39)44)22-4-8-38(36-22)16-30(5-6-30)28(42)43/h2-4,7-8,11-12,18,24H,5-6,9-10,13-16H2,1H3,(H,34,35)(H,42,43)/t18-,24?/m0/s1. The molecule has 4 aliphatic rings. The molecular formula is C30H30ClFN8O5S. The molecule has 2 saturated heterocycles. The van der Waals surface area contributed by atoms with E-state index in [0.29, 0.717) is 73.5 Å². The van der Waals surface area contributed by atoms with Gasteiger partial charge in [-0.15, -0.1) is 11.3 Å². The van der Waals surface area contributed by atoms with Crippen molar-refractivity contribution in [3.8, 4) is 0 Å². The van der Waals surface area contributed by atoms with Gasteiger partial charge in [-0.2, -0.15) is 5.10 Å². The topological polar surface area (TPSA) is 145 Å². The Labute approximate surface area is 271 Å². The number of rotatable bonds is 9. The van der Waals surface area contributed by atoms with Gasteiger partial charge in [0.1, 0.15) is 11.9 Å². The number of carboxylic acids is 1. The number of halogens is 2. The van der Waals surface area contributed by atoms with Crippen molar-refractivity contribution in [2.24, 2.45) is 10.4 Å². The summed E-state index contributed by atoms with van der Waals surface area (Å²) in [5, 5.41) is 20.0. The largest absolute Gasteiger partial charge is 0.481 e. The van der Waals surface area contributed by atoms with Gasteiger partial charge in [-0.05, 0) is 25.0 Å². The molecule has 0 radical (unpaired) electrons. The third-order valence-corrected chi connectivity index (χ3v) is 10.0. The van der Waals surface area contributed by atoms with E-state index in [9.17, 15) is 23.9 Å². The molecule has 1 aromatic carbocycles. The first-order chi connectivity index (χ1) is 22.2. The number of amidine groups is 1. The minimum atomic E-state index is -0.869. The van der Waals surface area contributed by atoms with Crippen LogP contribution in [0.4, 0.5) is 15.0 Å². The lowest BCUT2D eigenvalue weighted by Gasteiger charge is -2.38. The van der Waals surface area contributed by atoms with Crippen LogP contribution in [-0.2, 0) is 20.9 Å². The minimum absolute atomic E-state index is 0.130. The first-order valence-electron chi connectivity index (χ1n) is 14.7. The zero-order chi connectivity index (χ0) is 32.2. The predicted octanol–water partition coefficient (Wildman–Crippen LogP) is 3.14. The number of fused-ring (bicyclic) bond motifs is 1. The van der Waals surface area contributed by atoms with E-state index in [1.54, 1.807) is 28.0 Å². The second-order valence-electron chi connectivity index (χ2n) is 11.8. The lowest BCUT2D eigenvalue weighted by Crippen LogP contribution is -2.53. The number of benzene rings is 1. The first-order valence-corrected chi connectivity index (χ1v) is 16.0. The fourth-order valence-electron chi connectivity index (χ4n) is 6.28. The van der Waals surface area contributed by atoms with Gasteiger partial charge in [0.25, 0.3) is 0 Å². The Balaban J connectivity index is 1.13. The van der Waals surface area contributed by atoms with Crippen molar-refractivity contribution < 1.29 is 28.6 Å². The molecule has 3 fully saturated rings. The highest BCUT2D eigenvalue weighted by Crippen LogP contribution is 2.47. The van der Waals surface area contributed by atoms with Crippen LogP contribution < -0.4 is 10.2 Å². The number of hydrogen-bond acceptors (Lipinski definition) is 10. The molecule has 5 heterocycles. The number of methoxy groups -OCH3 is 1. The summed E-state index contributed by atoms with van der Waals surface area (Å²) in [6, 6.07) is 4.56. The zero-order valence-corrected chi connectivity index (χ0v) is 26.3. The van der Waals surface area contributed by atoms with Crippen LogP contribution in [0.15, 0.2) is 58.3 Å². The van der Waals surface area contributed by atoms with Crippen LogP contribution in [-0.4, -0.2) is 99.4 Å². The van der Waals surface area contributed by atoms with Crippen molar-refractivity contribution in [3.05, 3.63) is 74.7 Å². The normalized spacial score (nSPS) is 22.4. The quantitative estimate of drug-likeness (QED) is 0.329. The number of nitrogens with zero attached hydrogens (tertiary/aromatic N) is 7. The summed E-state index contributed by atoms with van der Waals surface area (Å²) in [6.45, 7) is 2.52. The number of ether oxygens (including phenoxy) is 1. The summed E-state index contributed by atoms with van der Waals surface area (Å²) in [7, 11) is 1.29. The highest BCUT2D eigenvalue weighted by atomic mass is 35.5. The number of urea groups is 1. The van der Waals surface area contributed by atoms with Crippen LogP contribution in [0.25, 0.3) is 0 Å². The van der Waals surface area contributed by atoms with Gasteiger partial charge >= 0.3 is 18.0 Å². The number of anilines is 1. The van der Waals surface area contributed by atoms with Crippen molar-refractivity contribution in [1.29, 1.82) is 0 Å². The maximum absolute atomic E-state index is 14.0. The van der Waals surface area contributed by atoms with Crippen molar-refractivity contribution in [2.45, 2.75) is 31.5 Å². The van der Waals surface area contributed by atoms with E-state index in [1.807, 2.05) is 10.3 Å². The van der Waals surface area contributed by atoms with Crippen LogP contribution in [0.1, 0.15) is 29.5 Å². The number of aliphatic imine (C=N–C) groups is 1. The summed E-state index contributed by atoms with van der Waals surface area (Å²) < 4.78 is 20.8. The predicted molar refractivity (Wildman–Crippen MR) is 166 cm³/mol. The van der Waals surface area contributed by atoms with Gasteiger partial charge in [0.2, 0.25) is 0 Å². The van der Waals surface area contributed by atoms with Gasteiger partial charge in [0.05, 0.1) is 37.2 Å². The SMILES string of the molecule is COC(=O)C1=C(CN2CCN3C(=O)N(c4ccn(CC5(C(=O)O)CC5)n4)C[C@@H]3C2)NC(c2nccs2)=NC1c1ccc(F)cc1Cl. The molecule has 1 aliphatic carbocycles. The number of hydrogen-bond donors (Lipinski definition) is 2. The number of aliphatic carboxylic acids is 1. The summed E-state index contributed by atoms with van der Waals surface area (Å²) in [6.07, 6.45) is 4.61. The third kappa shape index (κ3) is 5.52. The molecule has 1 saturated carbocycles. The number of carboxylic acid groups (broad SMARTS) is 1. The molecule has 3 aromatic rings. The molecule has 0 bridgehead atoms. The average molecular weight is 669 g/mol. The van der Waals surface area contributed by atoms with E-state index < -0.39 is 29.2 Å². The Morgan fingerprint density at radius 1 is 1.24 bits per heavy atom. The molecular weight excluding hydrogens is 639 g/mol. The highest BCUT2D eigenvalue weighted by molar-refractivity contribution is 7.11. The third-order valence-electron chi connectivity index (χ3n) is 8.92. The van der Waals surface area contributed by atoms with Crippen LogP contribution in [0.3, 0.4) is 0 Å². The first kappa shape index (κ1) is 30.3. The van der Waals surface area contributed by atoms with E-state index in [1.165, 1.54) is 36.6 Å². The van der Waals surface area contributed by atoms with E-state index in [2.05, 4.69) is 20.3 Å². The van der Waals surface area contributed by atoms with Crippen molar-refractivity contribution in [3.63, 3.8) is 0 Å². The maximum Gasteiger partial charge on any atom is 0.338 e. The molecule has 7 rings (SSSR count). The van der Waals surface area contributed by atoms with Gasteiger partial charge < -0.3 is 20.1 Å². The molecule has 46 heavy (non-hydrogen) atoms. The number of amides is 2. The number of thiazole rings is 1. The van der Waals surface area contributed by atoms with Gasteiger partial charge in [-0.25, -0.2) is 19.0 Å². The molecule has 2 atom stereocenters. The lowest BCUT2D eigenvalue weighted by atomic mass is 9.95. The van der Waals surface area contributed by atoms with E-state index in [0.717, 1.165) is 0 Å². The molecule has 13 nitrogen and oxygen atoms in total. The number of carbonyl (C=O) groups excluding carboxylic acids is 2. The number of nitrogens with one attached hydrogen (secondary N) is 1. The Morgan fingerprint density at radius 3 is 2.76 bits per heavy atom. The summed E-state index contributed by atoms with van der Waals surface area (Å²) in [5.74, 6) is -0.987. The van der Waals surface area contributed by atoms with Crippen LogP contribution in [0.5, 0.6) is 0 Å². The van der Waals surface area contributed by atoms with Gasteiger partial charge in [0, 0.05) is 66.3 Å². The molecule has 2 amide bonds. The summed E-state index contributed by atoms with van der Waals surface area (Å²) in [4.78, 5) is 53.1. The van der Waals surface area contributed by atoms with Gasteiger partial charge in [-0.3, -0.25) is 24.3 Å². The smallest absolute Gasteiger partial charge is 0.338 e. The Bertz CT molecular complexity index is 1770. The molecule has 16 heteroatoms. The highest BCUT2D eigenvalue weighted by Gasteiger charge is 2.51. The Hall–Kier alpha value is -4.34. The summed E-state index contributed by atoms with van der Waals surface area (Å²) in [5.41, 5.74) is 0.488. The Kier molecular flexibility index (Phi) is 7.77. The molecule has 1 unspecified atom stereocenters. The number of piperazine rings is 1. The fraction of sp³-hybridized carbons (Fsp3) is 0.400. The minimum Gasteiger partial charge on any atom is -0.481 e. The van der Waals surface area contributed by atoms with Crippen LogP contribution in [0, 0.1) is 11.2 Å². The summed E-state index contributed by atoms with van der Waals surface area (Å²) >= 11 is 7.86. The van der Waals surface area contributed by atoms with E-state index in [4.69, 9.17) is 21.3 Å². The van der Waals surface area contributed by atoms with Crippen molar-refractivity contribution in [2.75, 3.05) is 44.7 Å². The number of esters is 1. The molecule has 3 aliphatic heterocycles. The number of aromatic nitrogens is 3. The second kappa shape index (κ2) is 11.8. The second-order valence-corrected chi connectivity index (χ2v) is 13.1. The van der Waals surface area contributed by atoms with Crippen molar-refractivity contribution in [1.82, 2.24) is 29.9 Å². The number of carbonyl (C=O) groups is 3. The lowest BCUT2D eigenvalue weighted by molar-refractivity contribution is -0.144. The van der Waals surface area contributed by atoms with Crippen LogP contribution >= 0.6 is 22.9 Å². The van der Waals surface area contributed by atoms with E-state index >= 15 is 0 Å². The molecule has 2 aromatic heterocycles. The Morgan fingerprint density at radius 2 is 2.07 bits per heavy atom. The molecule has 0 spiro atoms. The molecule has 2 N–H and O–H groups in total. The molecule has 240 valence electrons. The van der Waals surface area contributed by atoms with Gasteiger partial charge in [0.15, 0.2) is 16.7 Å². The monoisotopic (exact) mass is 668 g/mol.